The van der Waals surface area contributed by atoms with Crippen molar-refractivity contribution < 1.29 is 0 Å². The molecule has 3 N–H and O–H groups in total. The van der Waals surface area contributed by atoms with E-state index in [4.69, 9.17) is 25.0 Å². The molecule has 0 radical (unpaired) electrons. The quantitative estimate of drug-likeness (QED) is 0.0256. The molecule has 6 aromatic rings. The number of aliphatic imine (C=N–C) groups is 1. The van der Waals surface area contributed by atoms with E-state index in [0.29, 0.717) is 0 Å². The third-order valence-electron chi connectivity index (χ3n) is 22.4. The number of hydrogen-bond acceptors (Lipinski definition) is 13. The highest BCUT2D eigenvalue weighted by Crippen LogP contribution is 2.47. The summed E-state index contributed by atoms with van der Waals surface area (Å²) in [5.41, 5.74) is 4.44. The highest BCUT2D eigenvalue weighted by Gasteiger charge is 2.33. The zero-order chi connectivity index (χ0) is 78.4. The Morgan fingerprint density at radius 2 is 0.482 bits per heavy atom. The molecule has 620 valence electrons. The molecule has 1 atom stereocenters. The molecule has 2 aliphatic heterocycles. The van der Waals surface area contributed by atoms with Gasteiger partial charge in [-0.25, -0.2) is 25.0 Å². The van der Waals surface area contributed by atoms with E-state index in [1.54, 1.807) is 0 Å². The molecule has 9 rings (SSSR count). The molecule has 3 aromatic heterocycles. The molecule has 5 heterocycles. The van der Waals surface area contributed by atoms with Gasteiger partial charge in [0, 0.05) is 77.1 Å². The van der Waals surface area contributed by atoms with E-state index in [9.17, 15) is 0 Å². The zero-order valence-corrected chi connectivity index (χ0v) is 77.8. The van der Waals surface area contributed by atoms with Crippen molar-refractivity contribution in [2.75, 3.05) is 46.0 Å². The van der Waals surface area contributed by atoms with Gasteiger partial charge in [0.05, 0.1) is 5.92 Å². The number of amidine groups is 1. The fraction of sp³-hybridized carbons (Fsp3) is 0.677. The van der Waals surface area contributed by atoms with Crippen molar-refractivity contribution in [3.63, 3.8) is 0 Å². The minimum Gasteiger partial charge on any atom is -0.324 e. The predicted octanol–water partition coefficient (Wildman–Crippen LogP) is 32.2. The second-order valence-electron chi connectivity index (χ2n) is 32.1. The number of fused-ring (bicyclic) bond motifs is 18. The van der Waals surface area contributed by atoms with Crippen LogP contribution in [0.3, 0.4) is 0 Å². The van der Waals surface area contributed by atoms with E-state index < -0.39 is 0 Å². The van der Waals surface area contributed by atoms with Gasteiger partial charge in [0.1, 0.15) is 39.4 Å². The Kier molecular flexibility index (Phi) is 46.4. The third-order valence-corrected chi connectivity index (χ3v) is 32.0. The molecule has 8 nitrogen and oxygen atoms in total. The van der Waals surface area contributed by atoms with Crippen molar-refractivity contribution >= 4 is 144 Å². The molecule has 112 heavy (non-hydrogen) atoms. The van der Waals surface area contributed by atoms with Crippen LogP contribution in [0.4, 0.5) is 11.6 Å². The normalized spacial score (nSPS) is 14.5. The fourth-order valence-corrected chi connectivity index (χ4v) is 24.7. The maximum absolute atomic E-state index is 5.97. The molecule has 16 heteroatoms. The number of thioether (sulfide) groups is 8. The molecule has 0 amide bonds. The molecule has 0 saturated heterocycles. The number of benzene rings is 3. The van der Waals surface area contributed by atoms with E-state index >= 15 is 0 Å². The van der Waals surface area contributed by atoms with Crippen LogP contribution in [0, 0.1) is 5.92 Å². The highest BCUT2D eigenvalue weighted by atomic mass is 32.2. The van der Waals surface area contributed by atoms with Gasteiger partial charge < -0.3 is 15.0 Å². The van der Waals surface area contributed by atoms with Crippen LogP contribution in [0.15, 0.2) is 124 Å². The van der Waals surface area contributed by atoms with Gasteiger partial charge in [0.15, 0.2) is 5.82 Å². The predicted molar refractivity (Wildman–Crippen MR) is 509 cm³/mol. The summed E-state index contributed by atoms with van der Waals surface area (Å²) < 4.78 is 0. The summed E-state index contributed by atoms with van der Waals surface area (Å²) >= 11 is 16.5. The minimum absolute atomic E-state index is 0.180. The Balaban J connectivity index is 1.30. The van der Waals surface area contributed by atoms with E-state index in [0.717, 1.165) is 129 Å². The average Bonchev–Trinajstić information content (AvgIpc) is 1.59. The molecular formula is C96H148N8S8. The molecule has 8 bridgehead atoms. The number of hydrogen-bond donors (Lipinski definition) is 3. The van der Waals surface area contributed by atoms with Crippen LogP contribution in [-0.2, 0) is 0 Å². The van der Waals surface area contributed by atoms with Gasteiger partial charge in [0.2, 0.25) is 0 Å². The van der Waals surface area contributed by atoms with Gasteiger partial charge in [-0.05, 0) is 140 Å². The van der Waals surface area contributed by atoms with Crippen LogP contribution in [0.2, 0.25) is 0 Å². The van der Waals surface area contributed by atoms with E-state index in [1.165, 1.54) is 347 Å². The molecule has 0 fully saturated rings. The topological polar surface area (TPSA) is 109 Å². The molecular weight excluding hydrogens is 1520 g/mol. The summed E-state index contributed by atoms with van der Waals surface area (Å²) in [5.74, 6) is 11.9. The van der Waals surface area contributed by atoms with Crippen LogP contribution in [-0.4, -0.2) is 66.8 Å². The Hall–Kier alpha value is -2.83. The molecule has 0 spiro atoms. The zero-order valence-electron chi connectivity index (χ0n) is 71.3. The van der Waals surface area contributed by atoms with Crippen LogP contribution in [0.25, 0.3) is 32.3 Å². The van der Waals surface area contributed by atoms with Gasteiger partial charge in [-0.2, -0.15) is 0 Å². The lowest BCUT2D eigenvalue weighted by Crippen LogP contribution is -2.18. The largest absolute Gasteiger partial charge is 0.324 e. The number of allylic oxidation sites excluding steroid dienone is 1. The van der Waals surface area contributed by atoms with Gasteiger partial charge in [-0.15, -0.1) is 94.1 Å². The van der Waals surface area contributed by atoms with E-state index in [-0.39, 0.29) is 5.92 Å². The van der Waals surface area contributed by atoms with Crippen LogP contribution >= 0.6 is 94.1 Å². The monoisotopic (exact) mass is 1670 g/mol. The third kappa shape index (κ3) is 31.1. The van der Waals surface area contributed by atoms with E-state index in [1.807, 2.05) is 0 Å². The second-order valence-corrected chi connectivity index (χ2v) is 41.2. The van der Waals surface area contributed by atoms with Crippen molar-refractivity contribution in [2.45, 2.75) is 393 Å². The summed E-state index contributed by atoms with van der Waals surface area (Å²) in [7, 11) is 0. The van der Waals surface area contributed by atoms with Gasteiger partial charge in [-0.3, -0.25) is 0 Å². The van der Waals surface area contributed by atoms with E-state index in [2.05, 4.69) is 213 Å². The van der Waals surface area contributed by atoms with Crippen molar-refractivity contribution in [1.82, 2.24) is 15.0 Å². The summed E-state index contributed by atoms with van der Waals surface area (Å²) in [5, 5.41) is 6.65. The number of H-pyrrole nitrogens is 3. The van der Waals surface area contributed by atoms with Crippen LogP contribution < -0.4 is 22.0 Å². The summed E-state index contributed by atoms with van der Waals surface area (Å²) in [4.78, 5) is 52.7. The van der Waals surface area contributed by atoms with Gasteiger partial charge in [0.25, 0.3) is 0 Å². The smallest absolute Gasteiger partial charge is 0.160 e. The lowest BCUT2D eigenvalue weighted by atomic mass is 9.95. The maximum Gasteiger partial charge on any atom is 0.160 e. The summed E-state index contributed by atoms with van der Waals surface area (Å²) in [6.45, 7) is 18.6. The lowest BCUT2D eigenvalue weighted by molar-refractivity contribution is 0.626. The second kappa shape index (κ2) is 55.8. The maximum atomic E-state index is 5.97. The molecule has 1 unspecified atom stereocenters. The van der Waals surface area contributed by atoms with Crippen molar-refractivity contribution in [3.8, 4) is 0 Å². The first-order valence-corrected chi connectivity index (χ1v) is 54.0. The number of aromatic amines is 3. The summed E-state index contributed by atoms with van der Waals surface area (Å²) in [6, 6.07) is 15.0. The van der Waals surface area contributed by atoms with Crippen molar-refractivity contribution in [1.29, 1.82) is 0 Å². The lowest BCUT2D eigenvalue weighted by Gasteiger charge is -2.21. The first-order chi connectivity index (χ1) is 55.3. The number of aromatic nitrogens is 3. The Bertz CT molecular complexity index is 4100. The standard InChI is InChI=1S/C96H148N8S8/c1-9-17-25-33-41-49-57-105-81-65-73-74(66-82(81)106-58-50-42-34-26-18-10-2)90-97-89(73)101-91-75-67-83(107-59-51-43-35-27-19-11-3)84(108-60-52-44-36-28-20-12-4)68-76(75)93(98-91)103-95-79-71-87(111-63-55-47-39-31-23-15-7)88(112-64-56-48-40-32-24-16-8)72-80(79)96(100-95)104-94-78-70-86(110-62-54-46-38-30-22-14-6)85(69-77(78)92(99-94)102-90)109-61-53-45-37-29-21-13-5/h65-73,100H,9-64H2,1-8H3,(H,99,102,104)(H,97,98,101,103). The number of rotatable bonds is 64. The van der Waals surface area contributed by atoms with Gasteiger partial charge in [-0.1, -0.05) is 318 Å². The SMILES string of the molecule is CCCCCCCCSC1=CC2=C3N=C(N=c4[nH]/c(c5cc(SCCCCCCCC)c(SCCCCCCCC)cc45)=N\c4[nH]c(c5cc(SCCCCCCCC)c(SCCCCCCCC)cc45)N=c4[nH]c(c5cc(SCCCCCCCC)c(SCCCCCCCC)cc45)=N3)C2C=C1SCCCCCCCC. The van der Waals surface area contributed by atoms with Crippen LogP contribution in [0.5, 0.6) is 0 Å². The van der Waals surface area contributed by atoms with Crippen molar-refractivity contribution in [2.24, 2.45) is 30.9 Å². The summed E-state index contributed by atoms with van der Waals surface area (Å²) in [6.07, 6.45) is 67.1. The number of nitrogens with one attached hydrogen (secondary N) is 3. The fourth-order valence-electron chi connectivity index (χ4n) is 15.5. The molecule has 3 aromatic carbocycles. The average molecular weight is 1670 g/mol. The Labute approximate surface area is 714 Å². The Morgan fingerprint density at radius 1 is 0.241 bits per heavy atom. The molecule has 3 aliphatic rings. The molecule has 0 saturated carbocycles. The van der Waals surface area contributed by atoms with Gasteiger partial charge >= 0.3 is 0 Å². The first kappa shape index (κ1) is 93.0. The van der Waals surface area contributed by atoms with Crippen molar-refractivity contribution in [3.05, 3.63) is 91.7 Å². The first-order valence-electron chi connectivity index (χ1n) is 46.1. The Morgan fingerprint density at radius 3 is 0.777 bits per heavy atom. The number of unbranched alkanes of at least 4 members (excludes halogenated alkanes) is 40. The minimum atomic E-state index is -0.180. The highest BCUT2D eigenvalue weighted by molar-refractivity contribution is 8.08. The van der Waals surface area contributed by atoms with Crippen LogP contribution in [0.1, 0.15) is 364 Å². The molecule has 1 aliphatic carbocycles. The number of nitrogens with zero attached hydrogens (tertiary/aromatic N) is 5.